The highest BCUT2D eigenvalue weighted by Crippen LogP contribution is 2.28. The molecule has 0 spiro atoms. The van der Waals surface area contributed by atoms with E-state index in [0.717, 1.165) is 25.2 Å². The zero-order valence-corrected chi connectivity index (χ0v) is 13.7. The summed E-state index contributed by atoms with van der Waals surface area (Å²) >= 11 is 0. The molecule has 120 valence electrons. The van der Waals surface area contributed by atoms with Crippen molar-refractivity contribution in [3.05, 3.63) is 59.2 Å². The molecular formula is C20H24N2O. The smallest absolute Gasteiger partial charge is 0.193 e. The van der Waals surface area contributed by atoms with Crippen LogP contribution in [0.1, 0.15) is 47.7 Å². The van der Waals surface area contributed by atoms with Crippen LogP contribution in [-0.2, 0) is 6.42 Å². The van der Waals surface area contributed by atoms with Gasteiger partial charge in [0.1, 0.15) is 0 Å². The van der Waals surface area contributed by atoms with Crippen LogP contribution in [0.25, 0.3) is 0 Å². The molecule has 0 amide bonds. The Morgan fingerprint density at radius 1 is 1.00 bits per heavy atom. The summed E-state index contributed by atoms with van der Waals surface area (Å²) in [6, 6.07) is 13.5. The van der Waals surface area contributed by atoms with Crippen LogP contribution in [0.3, 0.4) is 0 Å². The summed E-state index contributed by atoms with van der Waals surface area (Å²) < 4.78 is 0. The Morgan fingerprint density at radius 2 is 1.65 bits per heavy atom. The second-order valence-electron chi connectivity index (χ2n) is 6.20. The third-order valence-electron chi connectivity index (χ3n) is 4.61. The second-order valence-corrected chi connectivity index (χ2v) is 6.20. The third-order valence-corrected chi connectivity index (χ3v) is 4.61. The highest BCUT2D eigenvalue weighted by Gasteiger charge is 2.16. The Bertz CT molecular complexity index is 685. The zero-order chi connectivity index (χ0) is 16.2. The fourth-order valence-corrected chi connectivity index (χ4v) is 3.18. The van der Waals surface area contributed by atoms with Gasteiger partial charge in [0, 0.05) is 24.2 Å². The number of carbonyl (C=O) groups excluding carboxylic acids is 1. The van der Waals surface area contributed by atoms with Crippen molar-refractivity contribution < 1.29 is 4.79 Å². The van der Waals surface area contributed by atoms with Crippen LogP contribution in [0.2, 0.25) is 0 Å². The molecule has 3 nitrogen and oxygen atoms in total. The molecule has 2 aromatic rings. The van der Waals surface area contributed by atoms with E-state index in [4.69, 9.17) is 5.73 Å². The second kappa shape index (κ2) is 6.86. The van der Waals surface area contributed by atoms with Gasteiger partial charge < -0.3 is 10.6 Å². The SMILES string of the molecule is CCc1ccc(C(=O)c2ccc(N3CCCCC3)c(N)c2)cc1. The van der Waals surface area contributed by atoms with E-state index in [-0.39, 0.29) is 5.78 Å². The summed E-state index contributed by atoms with van der Waals surface area (Å²) in [4.78, 5) is 14.9. The normalized spacial score (nSPS) is 14.7. The molecular weight excluding hydrogens is 284 g/mol. The number of carbonyl (C=O) groups is 1. The maximum absolute atomic E-state index is 12.6. The maximum Gasteiger partial charge on any atom is 0.193 e. The van der Waals surface area contributed by atoms with Crippen LogP contribution in [0, 0.1) is 0 Å². The molecule has 0 unspecified atom stereocenters. The molecule has 0 atom stereocenters. The van der Waals surface area contributed by atoms with Crippen molar-refractivity contribution in [2.24, 2.45) is 0 Å². The summed E-state index contributed by atoms with van der Waals surface area (Å²) in [7, 11) is 0. The van der Waals surface area contributed by atoms with Gasteiger partial charge in [-0.3, -0.25) is 4.79 Å². The Morgan fingerprint density at radius 3 is 2.26 bits per heavy atom. The fraction of sp³-hybridized carbons (Fsp3) is 0.350. The van der Waals surface area contributed by atoms with Crippen molar-refractivity contribution in [3.63, 3.8) is 0 Å². The highest BCUT2D eigenvalue weighted by molar-refractivity contribution is 6.09. The van der Waals surface area contributed by atoms with Gasteiger partial charge in [-0.2, -0.15) is 0 Å². The highest BCUT2D eigenvalue weighted by atomic mass is 16.1. The van der Waals surface area contributed by atoms with Crippen LogP contribution < -0.4 is 10.6 Å². The van der Waals surface area contributed by atoms with Gasteiger partial charge in [-0.15, -0.1) is 0 Å². The summed E-state index contributed by atoms with van der Waals surface area (Å²) in [6.45, 7) is 4.21. The van der Waals surface area contributed by atoms with Gasteiger partial charge >= 0.3 is 0 Å². The van der Waals surface area contributed by atoms with E-state index < -0.39 is 0 Å². The average Bonchev–Trinajstić information content (AvgIpc) is 2.62. The monoisotopic (exact) mass is 308 g/mol. The standard InChI is InChI=1S/C20H24N2O/c1-2-15-6-8-16(9-7-15)20(23)17-10-11-19(18(21)14-17)22-12-4-3-5-13-22/h6-11,14H,2-5,12-13,21H2,1H3. The first-order valence-electron chi connectivity index (χ1n) is 8.47. The van der Waals surface area contributed by atoms with E-state index in [9.17, 15) is 4.79 Å². The first-order valence-corrected chi connectivity index (χ1v) is 8.47. The zero-order valence-electron chi connectivity index (χ0n) is 13.7. The predicted molar refractivity (Wildman–Crippen MR) is 96.2 cm³/mol. The maximum atomic E-state index is 12.6. The number of hydrogen-bond acceptors (Lipinski definition) is 3. The Kier molecular flexibility index (Phi) is 4.65. The van der Waals surface area contributed by atoms with Crippen LogP contribution in [-0.4, -0.2) is 18.9 Å². The van der Waals surface area contributed by atoms with E-state index in [2.05, 4.69) is 11.8 Å². The minimum absolute atomic E-state index is 0.0320. The molecule has 0 bridgehead atoms. The average molecular weight is 308 g/mol. The molecule has 1 aliphatic heterocycles. The van der Waals surface area contributed by atoms with Gasteiger partial charge in [0.05, 0.1) is 11.4 Å². The summed E-state index contributed by atoms with van der Waals surface area (Å²) in [5.74, 6) is 0.0320. The van der Waals surface area contributed by atoms with Crippen molar-refractivity contribution >= 4 is 17.2 Å². The number of nitrogens with zero attached hydrogens (tertiary/aromatic N) is 1. The molecule has 23 heavy (non-hydrogen) atoms. The number of aryl methyl sites for hydroxylation is 1. The fourth-order valence-electron chi connectivity index (χ4n) is 3.18. The topological polar surface area (TPSA) is 46.3 Å². The Labute approximate surface area is 138 Å². The number of nitrogens with two attached hydrogens (primary N) is 1. The van der Waals surface area contributed by atoms with Gasteiger partial charge in [-0.1, -0.05) is 31.2 Å². The number of rotatable bonds is 4. The van der Waals surface area contributed by atoms with Crippen LogP contribution in [0.4, 0.5) is 11.4 Å². The van der Waals surface area contributed by atoms with E-state index >= 15 is 0 Å². The molecule has 0 radical (unpaired) electrons. The minimum atomic E-state index is 0.0320. The first-order chi connectivity index (χ1) is 11.2. The minimum Gasteiger partial charge on any atom is -0.397 e. The van der Waals surface area contributed by atoms with Crippen LogP contribution in [0.5, 0.6) is 0 Å². The molecule has 1 fully saturated rings. The first kappa shape index (κ1) is 15.6. The van der Waals surface area contributed by atoms with E-state index in [0.29, 0.717) is 16.8 Å². The molecule has 1 heterocycles. The molecule has 2 aromatic carbocycles. The van der Waals surface area contributed by atoms with E-state index in [1.165, 1.54) is 24.8 Å². The van der Waals surface area contributed by atoms with Crippen LogP contribution >= 0.6 is 0 Å². The lowest BCUT2D eigenvalue weighted by molar-refractivity contribution is 0.103. The van der Waals surface area contributed by atoms with Gasteiger partial charge in [-0.25, -0.2) is 0 Å². The van der Waals surface area contributed by atoms with Crippen molar-refractivity contribution in [2.45, 2.75) is 32.6 Å². The molecule has 0 saturated carbocycles. The summed E-state index contributed by atoms with van der Waals surface area (Å²) in [5.41, 5.74) is 10.6. The van der Waals surface area contributed by atoms with Gasteiger partial charge in [0.2, 0.25) is 0 Å². The van der Waals surface area contributed by atoms with Crippen molar-refractivity contribution in [3.8, 4) is 0 Å². The largest absolute Gasteiger partial charge is 0.397 e. The Balaban J connectivity index is 1.82. The molecule has 3 rings (SSSR count). The summed E-state index contributed by atoms with van der Waals surface area (Å²) in [6.07, 6.45) is 4.69. The number of piperidine rings is 1. The molecule has 2 N–H and O–H groups in total. The number of anilines is 2. The molecule has 1 aliphatic rings. The number of ketones is 1. The molecule has 3 heteroatoms. The lowest BCUT2D eigenvalue weighted by Crippen LogP contribution is -2.30. The van der Waals surface area contributed by atoms with E-state index in [1.54, 1.807) is 0 Å². The van der Waals surface area contributed by atoms with E-state index in [1.807, 2.05) is 42.5 Å². The molecule has 0 aliphatic carbocycles. The molecule has 1 saturated heterocycles. The quantitative estimate of drug-likeness (QED) is 0.684. The molecule has 0 aromatic heterocycles. The lowest BCUT2D eigenvalue weighted by atomic mass is 10.00. The van der Waals surface area contributed by atoms with Crippen molar-refractivity contribution in [1.82, 2.24) is 0 Å². The number of nitrogen functional groups attached to an aromatic ring is 1. The number of hydrogen-bond donors (Lipinski definition) is 1. The van der Waals surface area contributed by atoms with Gasteiger partial charge in [-0.05, 0) is 49.4 Å². The van der Waals surface area contributed by atoms with Crippen LogP contribution in [0.15, 0.2) is 42.5 Å². The predicted octanol–water partition coefficient (Wildman–Crippen LogP) is 4.05. The van der Waals surface area contributed by atoms with Gasteiger partial charge in [0.15, 0.2) is 5.78 Å². The summed E-state index contributed by atoms with van der Waals surface area (Å²) in [5, 5.41) is 0. The van der Waals surface area contributed by atoms with Crippen molar-refractivity contribution in [2.75, 3.05) is 23.7 Å². The van der Waals surface area contributed by atoms with Crippen molar-refractivity contribution in [1.29, 1.82) is 0 Å². The lowest BCUT2D eigenvalue weighted by Gasteiger charge is -2.30. The third kappa shape index (κ3) is 3.39. The van der Waals surface area contributed by atoms with Gasteiger partial charge in [0.25, 0.3) is 0 Å². The number of benzene rings is 2. The Hall–Kier alpha value is -2.29.